The molecule has 0 aromatic heterocycles. The van der Waals surface area contributed by atoms with Crippen LogP contribution in [0.15, 0.2) is 54.6 Å². The third kappa shape index (κ3) is 5.02. The molecule has 174 valence electrons. The summed E-state index contributed by atoms with van der Waals surface area (Å²) in [5.74, 6) is -0.804. The third-order valence-electron chi connectivity index (χ3n) is 6.48. The van der Waals surface area contributed by atoms with Gasteiger partial charge in [-0.2, -0.15) is 0 Å². The zero-order valence-corrected chi connectivity index (χ0v) is 19.0. The Morgan fingerprint density at radius 1 is 0.727 bits per heavy atom. The molecular weight excluding hydrogens is 425 g/mol. The van der Waals surface area contributed by atoms with E-state index in [1.807, 2.05) is 19.9 Å². The smallest absolute Gasteiger partial charge is 0.166 e. The number of halogens is 3. The first-order chi connectivity index (χ1) is 16.0. The number of ether oxygens (including phenoxy) is 2. The molecule has 3 aromatic carbocycles. The highest BCUT2D eigenvalue weighted by atomic mass is 19.2. The summed E-state index contributed by atoms with van der Waals surface area (Å²) in [5, 5.41) is 0. The van der Waals surface area contributed by atoms with Gasteiger partial charge in [0, 0.05) is 5.56 Å². The van der Waals surface area contributed by atoms with Crippen LogP contribution < -0.4 is 9.47 Å². The molecule has 0 unspecified atom stereocenters. The molecule has 4 rings (SSSR count). The standard InChI is InChI=1S/C28H29F3O2/c1-3-32-22-12-9-20(10-13-22)24-15-14-23(27(30)28(24)31)19-7-5-18(6-8-19)21-11-16-26(33-4-2)25(29)17-21/h9-19H,3-8H2,1-2H3. The van der Waals surface area contributed by atoms with Crippen LogP contribution in [0.4, 0.5) is 13.2 Å². The molecule has 0 saturated heterocycles. The van der Waals surface area contributed by atoms with E-state index in [2.05, 4.69) is 0 Å². The van der Waals surface area contributed by atoms with Crippen molar-refractivity contribution < 1.29 is 22.6 Å². The first kappa shape index (κ1) is 23.2. The highest BCUT2D eigenvalue weighted by molar-refractivity contribution is 5.65. The van der Waals surface area contributed by atoms with Crippen molar-refractivity contribution in [2.24, 2.45) is 0 Å². The van der Waals surface area contributed by atoms with E-state index in [1.165, 1.54) is 0 Å². The summed E-state index contributed by atoms with van der Waals surface area (Å²) in [6, 6.07) is 15.5. The molecule has 5 heteroatoms. The van der Waals surface area contributed by atoms with Crippen molar-refractivity contribution >= 4 is 0 Å². The maximum Gasteiger partial charge on any atom is 0.166 e. The molecule has 0 heterocycles. The Balaban J connectivity index is 1.46. The van der Waals surface area contributed by atoms with Gasteiger partial charge in [0.15, 0.2) is 23.2 Å². The van der Waals surface area contributed by atoms with Crippen molar-refractivity contribution in [3.8, 4) is 22.6 Å². The second-order valence-corrected chi connectivity index (χ2v) is 8.46. The van der Waals surface area contributed by atoms with E-state index in [0.717, 1.165) is 31.2 Å². The quantitative estimate of drug-likeness (QED) is 0.360. The predicted molar refractivity (Wildman–Crippen MR) is 124 cm³/mol. The minimum atomic E-state index is -0.813. The monoisotopic (exact) mass is 454 g/mol. The summed E-state index contributed by atoms with van der Waals surface area (Å²) in [7, 11) is 0. The number of hydrogen-bond donors (Lipinski definition) is 0. The van der Waals surface area contributed by atoms with E-state index in [4.69, 9.17) is 9.47 Å². The summed E-state index contributed by atoms with van der Waals surface area (Å²) in [4.78, 5) is 0. The number of hydrogen-bond acceptors (Lipinski definition) is 2. The predicted octanol–water partition coefficient (Wildman–Crippen LogP) is 8.01. The average molecular weight is 455 g/mol. The Labute approximate surface area is 193 Å². The molecule has 0 radical (unpaired) electrons. The van der Waals surface area contributed by atoms with E-state index >= 15 is 4.39 Å². The van der Waals surface area contributed by atoms with Gasteiger partial charge in [-0.15, -0.1) is 0 Å². The molecule has 0 bridgehead atoms. The van der Waals surface area contributed by atoms with E-state index in [-0.39, 0.29) is 29.0 Å². The van der Waals surface area contributed by atoms with E-state index in [9.17, 15) is 8.78 Å². The molecular formula is C28H29F3O2. The Morgan fingerprint density at radius 2 is 1.39 bits per heavy atom. The van der Waals surface area contributed by atoms with E-state index in [0.29, 0.717) is 30.1 Å². The highest BCUT2D eigenvalue weighted by Crippen LogP contribution is 2.43. The molecule has 1 aliphatic carbocycles. The molecule has 0 aliphatic heterocycles. The minimum Gasteiger partial charge on any atom is -0.494 e. The summed E-state index contributed by atoms with van der Waals surface area (Å²) in [5.41, 5.74) is 2.23. The fraction of sp³-hybridized carbons (Fsp3) is 0.357. The van der Waals surface area contributed by atoms with E-state index in [1.54, 1.807) is 48.5 Å². The molecule has 33 heavy (non-hydrogen) atoms. The van der Waals surface area contributed by atoms with Crippen molar-refractivity contribution in [1.82, 2.24) is 0 Å². The number of benzene rings is 3. The molecule has 1 fully saturated rings. The van der Waals surface area contributed by atoms with Gasteiger partial charge in [0.25, 0.3) is 0 Å². The van der Waals surface area contributed by atoms with Crippen LogP contribution in [0.3, 0.4) is 0 Å². The first-order valence-corrected chi connectivity index (χ1v) is 11.6. The van der Waals surface area contributed by atoms with Crippen molar-refractivity contribution in [2.45, 2.75) is 51.4 Å². The third-order valence-corrected chi connectivity index (χ3v) is 6.48. The van der Waals surface area contributed by atoms with Gasteiger partial charge in [0.2, 0.25) is 0 Å². The second kappa shape index (κ2) is 10.3. The lowest BCUT2D eigenvalue weighted by Crippen LogP contribution is -2.14. The van der Waals surface area contributed by atoms with Crippen LogP contribution in [0, 0.1) is 17.5 Å². The van der Waals surface area contributed by atoms with Crippen LogP contribution in [-0.4, -0.2) is 13.2 Å². The molecule has 0 N–H and O–H groups in total. The van der Waals surface area contributed by atoms with Crippen LogP contribution in [0.2, 0.25) is 0 Å². The van der Waals surface area contributed by atoms with Gasteiger partial charge in [-0.05, 0) is 92.3 Å². The Bertz CT molecular complexity index is 1090. The minimum absolute atomic E-state index is 0.0438. The van der Waals surface area contributed by atoms with Gasteiger partial charge in [-0.1, -0.05) is 30.3 Å². The normalized spacial score (nSPS) is 18.2. The second-order valence-electron chi connectivity index (χ2n) is 8.46. The topological polar surface area (TPSA) is 18.5 Å². The van der Waals surface area contributed by atoms with Gasteiger partial charge in [0.05, 0.1) is 13.2 Å². The molecule has 0 amide bonds. The van der Waals surface area contributed by atoms with Crippen LogP contribution in [0.5, 0.6) is 11.5 Å². The Kier molecular flexibility index (Phi) is 7.26. The van der Waals surface area contributed by atoms with Crippen LogP contribution in [0.1, 0.15) is 62.5 Å². The zero-order valence-electron chi connectivity index (χ0n) is 19.0. The SMILES string of the molecule is CCOc1ccc(-c2ccc(C3CCC(c4ccc(OCC)c(F)c4)CC3)c(F)c2F)cc1. The lowest BCUT2D eigenvalue weighted by molar-refractivity contribution is 0.320. The summed E-state index contributed by atoms with van der Waals surface area (Å²) in [6.45, 7) is 4.68. The summed E-state index contributed by atoms with van der Waals surface area (Å²) >= 11 is 0. The maximum atomic E-state index is 15.1. The van der Waals surface area contributed by atoms with Crippen molar-refractivity contribution in [2.75, 3.05) is 13.2 Å². The van der Waals surface area contributed by atoms with Crippen LogP contribution >= 0.6 is 0 Å². The average Bonchev–Trinajstić information content (AvgIpc) is 2.83. The van der Waals surface area contributed by atoms with Crippen LogP contribution in [-0.2, 0) is 0 Å². The fourth-order valence-electron chi connectivity index (χ4n) is 4.78. The van der Waals surface area contributed by atoms with Crippen molar-refractivity contribution in [3.05, 3.63) is 83.2 Å². The van der Waals surface area contributed by atoms with Gasteiger partial charge < -0.3 is 9.47 Å². The lowest BCUT2D eigenvalue weighted by Gasteiger charge is -2.29. The molecule has 0 atom stereocenters. The molecule has 0 spiro atoms. The van der Waals surface area contributed by atoms with Gasteiger partial charge >= 0.3 is 0 Å². The van der Waals surface area contributed by atoms with Gasteiger partial charge in [0.1, 0.15) is 5.75 Å². The number of rotatable bonds is 7. The molecule has 1 aliphatic rings. The Hall–Kier alpha value is -2.95. The molecule has 1 saturated carbocycles. The van der Waals surface area contributed by atoms with Crippen molar-refractivity contribution in [1.29, 1.82) is 0 Å². The van der Waals surface area contributed by atoms with Crippen molar-refractivity contribution in [3.63, 3.8) is 0 Å². The molecule has 2 nitrogen and oxygen atoms in total. The lowest BCUT2D eigenvalue weighted by atomic mass is 9.76. The summed E-state index contributed by atoms with van der Waals surface area (Å²) < 4.78 is 55.0. The molecule has 3 aromatic rings. The Morgan fingerprint density at radius 3 is 2.03 bits per heavy atom. The first-order valence-electron chi connectivity index (χ1n) is 11.6. The summed E-state index contributed by atoms with van der Waals surface area (Å²) in [6.07, 6.45) is 3.08. The van der Waals surface area contributed by atoms with Gasteiger partial charge in [-0.3, -0.25) is 0 Å². The fourth-order valence-corrected chi connectivity index (χ4v) is 4.78. The largest absolute Gasteiger partial charge is 0.494 e. The zero-order chi connectivity index (χ0) is 23.4. The highest BCUT2D eigenvalue weighted by Gasteiger charge is 2.27. The van der Waals surface area contributed by atoms with Crippen LogP contribution in [0.25, 0.3) is 11.1 Å². The van der Waals surface area contributed by atoms with E-state index < -0.39 is 11.6 Å². The maximum absolute atomic E-state index is 15.1. The van der Waals surface area contributed by atoms with Gasteiger partial charge in [-0.25, -0.2) is 13.2 Å².